The van der Waals surface area contributed by atoms with E-state index in [-0.39, 0.29) is 11.2 Å². The van der Waals surface area contributed by atoms with E-state index in [2.05, 4.69) is 15.1 Å². The first-order valence-corrected chi connectivity index (χ1v) is 7.17. The van der Waals surface area contributed by atoms with Gasteiger partial charge < -0.3 is 4.74 Å². The fourth-order valence-corrected chi connectivity index (χ4v) is 2.61. The first kappa shape index (κ1) is 14.1. The highest BCUT2D eigenvalue weighted by molar-refractivity contribution is 6.38. The molecule has 0 atom stereocenters. The third-order valence-corrected chi connectivity index (χ3v) is 3.60. The maximum atomic E-state index is 6.42. The first-order chi connectivity index (χ1) is 10.1. The van der Waals surface area contributed by atoms with E-state index in [0.29, 0.717) is 23.1 Å². The summed E-state index contributed by atoms with van der Waals surface area (Å²) in [7, 11) is 0. The third-order valence-electron chi connectivity index (χ3n) is 2.98. The molecule has 0 saturated heterocycles. The van der Waals surface area contributed by atoms with E-state index in [4.69, 9.17) is 27.9 Å². The van der Waals surface area contributed by atoms with Gasteiger partial charge >= 0.3 is 6.01 Å². The van der Waals surface area contributed by atoms with Gasteiger partial charge in [0.1, 0.15) is 10.3 Å². The zero-order chi connectivity index (χ0) is 15.0. The van der Waals surface area contributed by atoms with Crippen LogP contribution < -0.4 is 4.74 Å². The normalized spacial score (nSPS) is 11.0. The number of aryl methyl sites for hydroxylation is 1. The molecule has 2 heterocycles. The van der Waals surface area contributed by atoms with Crippen molar-refractivity contribution in [1.29, 1.82) is 0 Å². The van der Waals surface area contributed by atoms with Crippen LogP contribution in [0.5, 0.6) is 6.01 Å². The van der Waals surface area contributed by atoms with Crippen molar-refractivity contribution in [1.82, 2.24) is 19.6 Å². The molecule has 0 aliphatic carbocycles. The Labute approximate surface area is 131 Å². The highest BCUT2D eigenvalue weighted by Gasteiger charge is 2.17. The molecule has 3 aromatic rings. The Balaban J connectivity index is 2.20. The van der Waals surface area contributed by atoms with Crippen LogP contribution in [0.4, 0.5) is 0 Å². The number of hydrogen-bond acceptors (Lipinski definition) is 4. The van der Waals surface area contributed by atoms with E-state index in [1.165, 1.54) is 4.52 Å². The second kappa shape index (κ2) is 5.50. The number of rotatable bonds is 3. The number of hydrogen-bond donors (Lipinski definition) is 0. The molecule has 0 unspecified atom stereocenters. The number of fused-ring (bicyclic) bond motifs is 1. The molecule has 0 N–H and O–H groups in total. The van der Waals surface area contributed by atoms with Crippen LogP contribution in [0.15, 0.2) is 24.3 Å². The van der Waals surface area contributed by atoms with Crippen molar-refractivity contribution in [3.05, 3.63) is 40.1 Å². The summed E-state index contributed by atoms with van der Waals surface area (Å²) in [5, 5.41) is 4.82. The van der Waals surface area contributed by atoms with Crippen molar-refractivity contribution in [2.45, 2.75) is 13.8 Å². The fraction of sp³-hybridized carbons (Fsp3) is 0.214. The molecule has 5 nitrogen and oxygen atoms in total. The van der Waals surface area contributed by atoms with Gasteiger partial charge in [0.2, 0.25) is 0 Å². The Hall–Kier alpha value is -1.85. The lowest BCUT2D eigenvalue weighted by molar-refractivity contribution is 0.313. The molecule has 0 amide bonds. The second-order valence-corrected chi connectivity index (χ2v) is 5.19. The molecule has 2 aromatic heterocycles. The zero-order valence-electron chi connectivity index (χ0n) is 11.5. The van der Waals surface area contributed by atoms with Gasteiger partial charge in [0.15, 0.2) is 0 Å². The number of halogens is 2. The maximum Gasteiger partial charge on any atom is 0.337 e. The molecule has 7 heteroatoms. The summed E-state index contributed by atoms with van der Waals surface area (Å²) in [6.45, 7) is 4.33. The van der Waals surface area contributed by atoms with E-state index in [0.717, 1.165) is 11.1 Å². The smallest absolute Gasteiger partial charge is 0.337 e. The van der Waals surface area contributed by atoms with Crippen LogP contribution in [-0.4, -0.2) is 26.2 Å². The predicted octanol–water partition coefficient (Wildman–Crippen LogP) is 3.81. The highest BCUT2D eigenvalue weighted by Crippen LogP contribution is 2.34. The fourth-order valence-electron chi connectivity index (χ4n) is 1.97. The maximum absolute atomic E-state index is 6.42. The predicted molar refractivity (Wildman–Crippen MR) is 82.1 cm³/mol. The van der Waals surface area contributed by atoms with Crippen molar-refractivity contribution in [3.63, 3.8) is 0 Å². The summed E-state index contributed by atoms with van der Waals surface area (Å²) in [5.41, 5.74) is 2.65. The third kappa shape index (κ3) is 2.54. The zero-order valence-corrected chi connectivity index (χ0v) is 13.0. The summed E-state index contributed by atoms with van der Waals surface area (Å²) in [6, 6.07) is 8.08. The van der Waals surface area contributed by atoms with Crippen molar-refractivity contribution >= 4 is 29.0 Å². The second-order valence-electron chi connectivity index (χ2n) is 4.47. The van der Waals surface area contributed by atoms with Crippen LogP contribution in [0, 0.1) is 6.92 Å². The topological polar surface area (TPSA) is 52.3 Å². The first-order valence-electron chi connectivity index (χ1n) is 6.41. The van der Waals surface area contributed by atoms with Crippen molar-refractivity contribution < 1.29 is 4.74 Å². The van der Waals surface area contributed by atoms with E-state index in [9.17, 15) is 0 Å². The van der Waals surface area contributed by atoms with E-state index in [1.807, 2.05) is 38.1 Å². The Morgan fingerprint density at radius 1 is 1.14 bits per heavy atom. The van der Waals surface area contributed by atoms with Gasteiger partial charge in [-0.25, -0.2) is 0 Å². The highest BCUT2D eigenvalue weighted by atomic mass is 35.5. The molecule has 0 bridgehead atoms. The molecule has 0 radical (unpaired) electrons. The van der Waals surface area contributed by atoms with Gasteiger partial charge in [-0.3, -0.25) is 0 Å². The van der Waals surface area contributed by atoms with Crippen LogP contribution >= 0.6 is 23.2 Å². The van der Waals surface area contributed by atoms with Crippen molar-refractivity contribution in [2.75, 3.05) is 6.61 Å². The summed E-state index contributed by atoms with van der Waals surface area (Å²) in [5.74, 6) is 0.310. The van der Waals surface area contributed by atoms with E-state index >= 15 is 0 Å². The number of nitrogens with zero attached hydrogens (tertiary/aromatic N) is 4. The van der Waals surface area contributed by atoms with Gasteiger partial charge in [-0.05, 0) is 19.4 Å². The SMILES string of the molecule is CCOc1nc2nc(Cl)c(-c3ccc(C)cc3)c(Cl)n2n1. The molecule has 0 aliphatic rings. The molecule has 0 fully saturated rings. The summed E-state index contributed by atoms with van der Waals surface area (Å²) >= 11 is 12.7. The van der Waals surface area contributed by atoms with Crippen molar-refractivity contribution in [3.8, 4) is 17.1 Å². The van der Waals surface area contributed by atoms with Crippen LogP contribution in [0.1, 0.15) is 12.5 Å². The van der Waals surface area contributed by atoms with Gasteiger partial charge in [-0.1, -0.05) is 53.0 Å². The van der Waals surface area contributed by atoms with Crippen LogP contribution in [-0.2, 0) is 0 Å². The average Bonchev–Trinajstić information content (AvgIpc) is 2.84. The number of aromatic nitrogens is 4. The standard InChI is InChI=1S/C14H12Cl2N4O/c1-3-21-14-18-13-17-11(15)10(12(16)20(13)19-14)9-6-4-8(2)5-7-9/h4-7H,3H2,1-2H3. The van der Waals surface area contributed by atoms with Gasteiger partial charge in [0.25, 0.3) is 5.78 Å². The molecule has 108 valence electrons. The Bertz CT molecular complexity index is 799. The lowest BCUT2D eigenvalue weighted by Crippen LogP contribution is -1.98. The van der Waals surface area contributed by atoms with E-state index in [1.54, 1.807) is 0 Å². The van der Waals surface area contributed by atoms with Gasteiger partial charge in [-0.2, -0.15) is 14.5 Å². The molecular formula is C14H12Cl2N4O. The molecule has 0 spiro atoms. The lowest BCUT2D eigenvalue weighted by Gasteiger charge is -2.07. The summed E-state index contributed by atoms with van der Waals surface area (Å²) in [4.78, 5) is 8.35. The summed E-state index contributed by atoms with van der Waals surface area (Å²) < 4.78 is 6.69. The lowest BCUT2D eigenvalue weighted by atomic mass is 10.1. The molecule has 21 heavy (non-hydrogen) atoms. The molecule has 0 saturated carbocycles. The molecule has 3 rings (SSSR count). The summed E-state index contributed by atoms with van der Waals surface area (Å²) in [6.07, 6.45) is 0. The number of benzene rings is 1. The van der Waals surface area contributed by atoms with Crippen LogP contribution in [0.25, 0.3) is 16.9 Å². The number of ether oxygens (including phenoxy) is 1. The molecular weight excluding hydrogens is 311 g/mol. The minimum atomic E-state index is 0.226. The van der Waals surface area contributed by atoms with Crippen LogP contribution in [0.3, 0.4) is 0 Å². The van der Waals surface area contributed by atoms with Gasteiger partial charge in [0.05, 0.1) is 12.2 Å². The van der Waals surface area contributed by atoms with Gasteiger partial charge in [-0.15, -0.1) is 5.10 Å². The Morgan fingerprint density at radius 3 is 2.52 bits per heavy atom. The Morgan fingerprint density at radius 2 is 1.86 bits per heavy atom. The monoisotopic (exact) mass is 322 g/mol. The van der Waals surface area contributed by atoms with Gasteiger partial charge in [0, 0.05) is 0 Å². The molecule has 1 aromatic carbocycles. The quantitative estimate of drug-likeness (QED) is 0.688. The Kier molecular flexibility index (Phi) is 3.69. The average molecular weight is 323 g/mol. The van der Waals surface area contributed by atoms with E-state index < -0.39 is 0 Å². The minimum absolute atomic E-state index is 0.226. The van der Waals surface area contributed by atoms with Crippen molar-refractivity contribution in [2.24, 2.45) is 0 Å². The largest absolute Gasteiger partial charge is 0.463 e. The minimum Gasteiger partial charge on any atom is -0.463 e. The molecule has 0 aliphatic heterocycles. The van der Waals surface area contributed by atoms with Crippen LogP contribution in [0.2, 0.25) is 10.3 Å².